The predicted octanol–water partition coefficient (Wildman–Crippen LogP) is 3.14. The van der Waals surface area contributed by atoms with E-state index in [0.717, 1.165) is 16.4 Å². The van der Waals surface area contributed by atoms with Gasteiger partial charge in [-0.15, -0.1) is 10.2 Å². The van der Waals surface area contributed by atoms with Gasteiger partial charge in [0.05, 0.1) is 6.04 Å². The molecule has 1 atom stereocenters. The molecule has 1 N–H and O–H groups in total. The van der Waals surface area contributed by atoms with Crippen LogP contribution in [-0.2, 0) is 4.79 Å². The molecule has 0 bridgehead atoms. The Morgan fingerprint density at radius 2 is 1.88 bits per heavy atom. The second kappa shape index (κ2) is 6.84. The molecule has 0 aliphatic heterocycles. The lowest BCUT2D eigenvalue weighted by Crippen LogP contribution is -2.32. The highest BCUT2D eigenvalue weighted by Crippen LogP contribution is 2.20. The van der Waals surface area contributed by atoms with Crippen LogP contribution in [0.15, 0.2) is 66.9 Å². The van der Waals surface area contributed by atoms with Gasteiger partial charge in [-0.25, -0.2) is 0 Å². The molecule has 6 heteroatoms. The van der Waals surface area contributed by atoms with Crippen molar-refractivity contribution in [1.29, 1.82) is 0 Å². The van der Waals surface area contributed by atoms with Crippen LogP contribution < -0.4 is 10.1 Å². The van der Waals surface area contributed by atoms with Crippen molar-refractivity contribution >= 4 is 22.3 Å². The number of amides is 1. The van der Waals surface area contributed by atoms with Crippen LogP contribution in [0.1, 0.15) is 18.8 Å². The van der Waals surface area contributed by atoms with Crippen LogP contribution >= 0.6 is 0 Å². The lowest BCUT2D eigenvalue weighted by atomic mass is 10.1. The molecule has 4 aromatic rings. The summed E-state index contributed by atoms with van der Waals surface area (Å²) in [5, 5.41) is 13.4. The number of benzene rings is 2. The van der Waals surface area contributed by atoms with Gasteiger partial charge in [0.2, 0.25) is 0 Å². The van der Waals surface area contributed by atoms with Gasteiger partial charge in [0.15, 0.2) is 18.1 Å². The molecule has 0 aliphatic carbocycles. The van der Waals surface area contributed by atoms with Crippen molar-refractivity contribution in [2.75, 3.05) is 6.61 Å². The second-order valence-electron chi connectivity index (χ2n) is 6.07. The summed E-state index contributed by atoms with van der Waals surface area (Å²) < 4.78 is 7.48. The number of pyridine rings is 1. The first-order valence-corrected chi connectivity index (χ1v) is 8.41. The molecule has 130 valence electrons. The Morgan fingerprint density at radius 1 is 1.08 bits per heavy atom. The van der Waals surface area contributed by atoms with Crippen molar-refractivity contribution in [1.82, 2.24) is 19.9 Å². The lowest BCUT2D eigenvalue weighted by Gasteiger charge is -2.13. The van der Waals surface area contributed by atoms with Crippen molar-refractivity contribution in [3.63, 3.8) is 0 Å². The van der Waals surface area contributed by atoms with Crippen LogP contribution in [0.25, 0.3) is 16.4 Å². The molecule has 26 heavy (non-hydrogen) atoms. The van der Waals surface area contributed by atoms with Crippen LogP contribution in [-0.4, -0.2) is 27.1 Å². The summed E-state index contributed by atoms with van der Waals surface area (Å²) in [7, 11) is 0. The number of carbonyl (C=O) groups excluding carboxylic acids is 1. The normalized spacial score (nSPS) is 12.2. The standard InChI is InChI=1S/C20H18N4O2/c1-14(20-23-22-18-8-4-5-11-24(18)20)21-19(25)13-26-17-10-9-15-6-2-3-7-16(15)12-17/h2-12,14H,13H2,1H3,(H,21,25). The van der Waals surface area contributed by atoms with Crippen LogP contribution in [0.2, 0.25) is 0 Å². The van der Waals surface area contributed by atoms with Crippen molar-refractivity contribution in [2.24, 2.45) is 0 Å². The number of hydrogen-bond acceptors (Lipinski definition) is 4. The molecule has 2 heterocycles. The van der Waals surface area contributed by atoms with Gasteiger partial charge in [-0.3, -0.25) is 9.20 Å². The molecule has 0 spiro atoms. The first-order chi connectivity index (χ1) is 12.7. The average Bonchev–Trinajstić information content (AvgIpc) is 3.10. The van der Waals surface area contributed by atoms with E-state index < -0.39 is 0 Å². The van der Waals surface area contributed by atoms with Crippen LogP contribution in [0.5, 0.6) is 5.75 Å². The molecule has 2 aromatic carbocycles. The van der Waals surface area contributed by atoms with E-state index in [2.05, 4.69) is 15.5 Å². The number of hydrogen-bond donors (Lipinski definition) is 1. The van der Waals surface area contributed by atoms with Crippen molar-refractivity contribution in [3.8, 4) is 5.75 Å². The number of nitrogens with zero attached hydrogens (tertiary/aromatic N) is 3. The molecule has 2 aromatic heterocycles. The van der Waals surface area contributed by atoms with Crippen molar-refractivity contribution < 1.29 is 9.53 Å². The summed E-state index contributed by atoms with van der Waals surface area (Å²) in [6.45, 7) is 1.82. The third-order valence-corrected chi connectivity index (χ3v) is 4.20. The summed E-state index contributed by atoms with van der Waals surface area (Å²) in [5.74, 6) is 1.14. The van der Waals surface area contributed by atoms with Gasteiger partial charge in [-0.2, -0.15) is 0 Å². The van der Waals surface area contributed by atoms with Crippen LogP contribution in [0.3, 0.4) is 0 Å². The minimum absolute atomic E-state index is 0.0561. The molecule has 0 radical (unpaired) electrons. The van der Waals surface area contributed by atoms with E-state index >= 15 is 0 Å². The topological polar surface area (TPSA) is 68.5 Å². The van der Waals surface area contributed by atoms with E-state index in [9.17, 15) is 4.79 Å². The molecule has 6 nitrogen and oxygen atoms in total. The molecule has 1 amide bonds. The fraction of sp³-hybridized carbons (Fsp3) is 0.150. The smallest absolute Gasteiger partial charge is 0.258 e. The van der Waals surface area contributed by atoms with Gasteiger partial charge in [-0.05, 0) is 42.0 Å². The summed E-state index contributed by atoms with van der Waals surface area (Å²) in [4.78, 5) is 12.2. The lowest BCUT2D eigenvalue weighted by molar-refractivity contribution is -0.123. The molecule has 0 aliphatic rings. The zero-order chi connectivity index (χ0) is 17.9. The fourth-order valence-electron chi connectivity index (χ4n) is 2.91. The van der Waals surface area contributed by atoms with Gasteiger partial charge in [0.25, 0.3) is 5.91 Å². The van der Waals surface area contributed by atoms with E-state index in [1.807, 2.05) is 78.2 Å². The van der Waals surface area contributed by atoms with Gasteiger partial charge < -0.3 is 10.1 Å². The minimum atomic E-state index is -0.278. The highest BCUT2D eigenvalue weighted by Gasteiger charge is 2.15. The number of fused-ring (bicyclic) bond motifs is 2. The molecule has 4 rings (SSSR count). The summed E-state index contributed by atoms with van der Waals surface area (Å²) in [5.41, 5.74) is 0.746. The highest BCUT2D eigenvalue weighted by atomic mass is 16.5. The predicted molar refractivity (Wildman–Crippen MR) is 99.0 cm³/mol. The number of rotatable bonds is 5. The molecule has 0 saturated heterocycles. The first-order valence-electron chi connectivity index (χ1n) is 8.41. The first kappa shape index (κ1) is 16.1. The van der Waals surface area contributed by atoms with E-state index in [1.165, 1.54) is 0 Å². The summed E-state index contributed by atoms with van der Waals surface area (Å²) in [6, 6.07) is 19.2. The Bertz CT molecular complexity index is 1070. The third-order valence-electron chi connectivity index (χ3n) is 4.20. The zero-order valence-electron chi connectivity index (χ0n) is 14.3. The van der Waals surface area contributed by atoms with Gasteiger partial charge in [0, 0.05) is 6.20 Å². The summed E-state index contributed by atoms with van der Waals surface area (Å²) >= 11 is 0. The van der Waals surface area contributed by atoms with Crippen molar-refractivity contribution in [2.45, 2.75) is 13.0 Å². The average molecular weight is 346 g/mol. The Kier molecular flexibility index (Phi) is 4.23. The maximum Gasteiger partial charge on any atom is 0.258 e. The second-order valence-corrected chi connectivity index (χ2v) is 6.07. The largest absolute Gasteiger partial charge is 0.484 e. The minimum Gasteiger partial charge on any atom is -0.484 e. The van der Waals surface area contributed by atoms with E-state index in [-0.39, 0.29) is 18.6 Å². The van der Waals surface area contributed by atoms with E-state index in [4.69, 9.17) is 4.74 Å². The molecule has 0 saturated carbocycles. The third kappa shape index (κ3) is 3.21. The van der Waals surface area contributed by atoms with Gasteiger partial charge >= 0.3 is 0 Å². The zero-order valence-corrected chi connectivity index (χ0v) is 14.3. The van der Waals surface area contributed by atoms with Gasteiger partial charge in [0.1, 0.15) is 5.75 Å². The molecular formula is C20H18N4O2. The molecular weight excluding hydrogens is 328 g/mol. The number of carbonyl (C=O) groups is 1. The van der Waals surface area contributed by atoms with Gasteiger partial charge in [-0.1, -0.05) is 36.4 Å². The number of ether oxygens (including phenoxy) is 1. The highest BCUT2D eigenvalue weighted by molar-refractivity contribution is 5.84. The molecule has 0 fully saturated rings. The number of nitrogens with one attached hydrogen (secondary N) is 1. The van der Waals surface area contributed by atoms with E-state index in [1.54, 1.807) is 0 Å². The maximum atomic E-state index is 12.2. The molecule has 1 unspecified atom stereocenters. The SMILES string of the molecule is CC(NC(=O)COc1ccc2ccccc2c1)c1nnc2ccccn12. The van der Waals surface area contributed by atoms with Crippen molar-refractivity contribution in [3.05, 3.63) is 72.7 Å². The Balaban J connectivity index is 1.40. The quantitative estimate of drug-likeness (QED) is 0.603. The summed E-state index contributed by atoms with van der Waals surface area (Å²) in [6.07, 6.45) is 1.87. The monoisotopic (exact) mass is 346 g/mol. The fourth-order valence-corrected chi connectivity index (χ4v) is 2.91. The Labute approximate surface area is 150 Å². The van der Waals surface area contributed by atoms with Crippen LogP contribution in [0.4, 0.5) is 0 Å². The maximum absolute atomic E-state index is 12.2. The number of aromatic nitrogens is 3. The van der Waals surface area contributed by atoms with Crippen LogP contribution in [0, 0.1) is 0 Å². The van der Waals surface area contributed by atoms with E-state index in [0.29, 0.717) is 11.6 Å². The Hall–Kier alpha value is -3.41. The Morgan fingerprint density at radius 3 is 2.77 bits per heavy atom.